The maximum absolute atomic E-state index is 12.8. The maximum atomic E-state index is 12.8. The molecule has 1 saturated heterocycles. The van der Waals surface area contributed by atoms with Crippen LogP contribution < -0.4 is 10.6 Å². The SMILES string of the molecule is CC1CN(c2nc(C(F)(F)F)ccc2C(N)=O)CCN1C. The Labute approximate surface area is 120 Å². The molecule has 1 unspecified atom stereocenters. The number of piperazine rings is 1. The van der Waals surface area contributed by atoms with Crippen LogP contribution in [0.1, 0.15) is 23.0 Å². The molecule has 0 radical (unpaired) electrons. The Morgan fingerprint density at radius 3 is 2.57 bits per heavy atom. The highest BCUT2D eigenvalue weighted by atomic mass is 19.4. The van der Waals surface area contributed by atoms with Gasteiger partial charge in [-0.1, -0.05) is 0 Å². The van der Waals surface area contributed by atoms with Gasteiger partial charge in [-0.25, -0.2) is 4.98 Å². The summed E-state index contributed by atoms with van der Waals surface area (Å²) in [6.07, 6.45) is -4.55. The molecule has 1 aliphatic rings. The summed E-state index contributed by atoms with van der Waals surface area (Å²) in [5.74, 6) is -0.768. The van der Waals surface area contributed by atoms with Gasteiger partial charge in [0.2, 0.25) is 0 Å². The molecule has 0 aliphatic carbocycles. The summed E-state index contributed by atoms with van der Waals surface area (Å²) in [5, 5.41) is 0. The fraction of sp³-hybridized carbons (Fsp3) is 0.538. The largest absolute Gasteiger partial charge is 0.433 e. The Hall–Kier alpha value is -1.83. The first-order valence-corrected chi connectivity index (χ1v) is 6.53. The molecule has 1 aromatic rings. The molecule has 0 spiro atoms. The molecule has 0 aromatic carbocycles. The lowest BCUT2D eigenvalue weighted by molar-refractivity contribution is -0.141. The second kappa shape index (κ2) is 5.51. The van der Waals surface area contributed by atoms with Crippen LogP contribution in [0.25, 0.3) is 0 Å². The average molecular weight is 302 g/mol. The molecule has 0 bridgehead atoms. The van der Waals surface area contributed by atoms with E-state index in [1.54, 1.807) is 4.90 Å². The first kappa shape index (κ1) is 15.6. The second-order valence-electron chi connectivity index (χ2n) is 5.21. The number of nitrogens with two attached hydrogens (primary N) is 1. The minimum Gasteiger partial charge on any atom is -0.365 e. The van der Waals surface area contributed by atoms with E-state index in [0.717, 1.165) is 12.1 Å². The van der Waals surface area contributed by atoms with Gasteiger partial charge in [0.25, 0.3) is 5.91 Å². The van der Waals surface area contributed by atoms with E-state index in [0.29, 0.717) is 19.6 Å². The zero-order valence-electron chi connectivity index (χ0n) is 11.8. The Bertz CT molecular complexity index is 547. The van der Waals surface area contributed by atoms with Crippen molar-refractivity contribution in [2.24, 2.45) is 5.73 Å². The van der Waals surface area contributed by atoms with E-state index >= 15 is 0 Å². The molecule has 2 heterocycles. The van der Waals surface area contributed by atoms with Crippen LogP contribution in [0, 0.1) is 0 Å². The second-order valence-corrected chi connectivity index (χ2v) is 5.21. The zero-order valence-corrected chi connectivity index (χ0v) is 11.8. The maximum Gasteiger partial charge on any atom is 0.433 e. The van der Waals surface area contributed by atoms with E-state index in [-0.39, 0.29) is 17.4 Å². The first-order valence-electron chi connectivity index (χ1n) is 6.53. The van der Waals surface area contributed by atoms with Crippen molar-refractivity contribution >= 4 is 11.7 Å². The quantitative estimate of drug-likeness (QED) is 0.895. The van der Waals surface area contributed by atoms with E-state index in [1.807, 2.05) is 14.0 Å². The van der Waals surface area contributed by atoms with E-state index in [4.69, 9.17) is 5.73 Å². The van der Waals surface area contributed by atoms with Crippen LogP contribution in [-0.4, -0.2) is 48.5 Å². The lowest BCUT2D eigenvalue weighted by atomic mass is 10.1. The summed E-state index contributed by atoms with van der Waals surface area (Å²) in [7, 11) is 1.94. The van der Waals surface area contributed by atoms with Gasteiger partial charge >= 0.3 is 6.18 Å². The molecule has 8 heteroatoms. The van der Waals surface area contributed by atoms with Gasteiger partial charge in [0.05, 0.1) is 5.56 Å². The molecule has 2 N–H and O–H groups in total. The Balaban J connectivity index is 2.42. The number of carbonyl (C=O) groups excluding carboxylic acids is 1. The summed E-state index contributed by atoms with van der Waals surface area (Å²) >= 11 is 0. The third kappa shape index (κ3) is 3.26. The minimum atomic E-state index is -4.55. The lowest BCUT2D eigenvalue weighted by Crippen LogP contribution is -2.50. The monoisotopic (exact) mass is 302 g/mol. The van der Waals surface area contributed by atoms with Gasteiger partial charge in [0.15, 0.2) is 0 Å². The van der Waals surface area contributed by atoms with Crippen molar-refractivity contribution in [3.8, 4) is 0 Å². The third-order valence-corrected chi connectivity index (χ3v) is 3.69. The molecule has 2 rings (SSSR count). The van der Waals surface area contributed by atoms with Crippen LogP contribution in [0.15, 0.2) is 12.1 Å². The molecule has 5 nitrogen and oxygen atoms in total. The predicted octanol–water partition coefficient (Wildman–Crippen LogP) is 1.34. The van der Waals surface area contributed by atoms with Crippen molar-refractivity contribution in [3.05, 3.63) is 23.4 Å². The van der Waals surface area contributed by atoms with Gasteiger partial charge in [0.1, 0.15) is 11.5 Å². The van der Waals surface area contributed by atoms with Gasteiger partial charge in [-0.15, -0.1) is 0 Å². The van der Waals surface area contributed by atoms with Crippen LogP contribution in [0.2, 0.25) is 0 Å². The number of nitrogens with zero attached hydrogens (tertiary/aromatic N) is 3. The molecule has 1 fully saturated rings. The highest BCUT2D eigenvalue weighted by Gasteiger charge is 2.34. The number of anilines is 1. The molecule has 1 aliphatic heterocycles. The van der Waals surface area contributed by atoms with Crippen molar-refractivity contribution in [1.82, 2.24) is 9.88 Å². The van der Waals surface area contributed by atoms with E-state index in [9.17, 15) is 18.0 Å². The Morgan fingerprint density at radius 1 is 1.38 bits per heavy atom. The predicted molar refractivity (Wildman–Crippen MR) is 72.1 cm³/mol. The van der Waals surface area contributed by atoms with E-state index < -0.39 is 17.8 Å². The molecule has 21 heavy (non-hydrogen) atoms. The standard InChI is InChI=1S/C13H17F3N4O/c1-8-7-20(6-5-19(8)2)12-9(11(17)21)3-4-10(18-12)13(14,15)16/h3-4,8H,5-7H2,1-2H3,(H2,17,21). The van der Waals surface area contributed by atoms with Crippen LogP contribution >= 0.6 is 0 Å². The molecule has 1 atom stereocenters. The number of primary amides is 1. The van der Waals surface area contributed by atoms with Gasteiger partial charge in [0, 0.05) is 25.7 Å². The number of amides is 1. The number of alkyl halides is 3. The van der Waals surface area contributed by atoms with E-state index in [2.05, 4.69) is 9.88 Å². The number of likely N-dealkylation sites (N-methyl/N-ethyl adjacent to an activating group) is 1. The molecule has 1 aromatic heterocycles. The summed E-state index contributed by atoms with van der Waals surface area (Å²) in [6.45, 7) is 3.63. The fourth-order valence-corrected chi connectivity index (χ4v) is 2.28. The Kier molecular flexibility index (Phi) is 4.08. The van der Waals surface area contributed by atoms with Crippen molar-refractivity contribution in [2.45, 2.75) is 19.1 Å². The minimum absolute atomic E-state index is 0.0114. The number of hydrogen-bond donors (Lipinski definition) is 1. The van der Waals surface area contributed by atoms with Crippen LogP contribution in [-0.2, 0) is 6.18 Å². The smallest absolute Gasteiger partial charge is 0.365 e. The van der Waals surface area contributed by atoms with Gasteiger partial charge < -0.3 is 15.5 Å². The summed E-state index contributed by atoms with van der Waals surface area (Å²) in [6, 6.07) is 2.02. The molecular formula is C13H17F3N4O. The first-order chi connectivity index (χ1) is 9.70. The van der Waals surface area contributed by atoms with Gasteiger partial charge in [-0.2, -0.15) is 13.2 Å². The summed E-state index contributed by atoms with van der Waals surface area (Å²) < 4.78 is 38.4. The number of carbonyl (C=O) groups is 1. The van der Waals surface area contributed by atoms with Crippen molar-refractivity contribution in [3.63, 3.8) is 0 Å². The van der Waals surface area contributed by atoms with Crippen LogP contribution in [0.5, 0.6) is 0 Å². The highest BCUT2D eigenvalue weighted by Crippen LogP contribution is 2.31. The fourth-order valence-electron chi connectivity index (χ4n) is 2.28. The normalized spacial score (nSPS) is 20.6. The molecular weight excluding hydrogens is 285 g/mol. The van der Waals surface area contributed by atoms with Crippen molar-refractivity contribution in [2.75, 3.05) is 31.6 Å². The number of hydrogen-bond acceptors (Lipinski definition) is 4. The molecule has 116 valence electrons. The van der Waals surface area contributed by atoms with Crippen LogP contribution in [0.3, 0.4) is 0 Å². The summed E-state index contributed by atoms with van der Waals surface area (Å²) in [4.78, 5) is 18.8. The number of halogens is 3. The molecule has 0 saturated carbocycles. The van der Waals surface area contributed by atoms with E-state index in [1.165, 1.54) is 0 Å². The average Bonchev–Trinajstić information content (AvgIpc) is 2.40. The van der Waals surface area contributed by atoms with Crippen molar-refractivity contribution in [1.29, 1.82) is 0 Å². The summed E-state index contributed by atoms with van der Waals surface area (Å²) in [5.41, 5.74) is 4.24. The number of aromatic nitrogens is 1. The van der Waals surface area contributed by atoms with Gasteiger partial charge in [-0.05, 0) is 26.1 Å². The van der Waals surface area contributed by atoms with Gasteiger partial charge in [-0.3, -0.25) is 4.79 Å². The number of pyridine rings is 1. The third-order valence-electron chi connectivity index (χ3n) is 3.69. The highest BCUT2D eigenvalue weighted by molar-refractivity contribution is 5.97. The Morgan fingerprint density at radius 2 is 2.05 bits per heavy atom. The number of rotatable bonds is 2. The van der Waals surface area contributed by atoms with Crippen LogP contribution in [0.4, 0.5) is 19.0 Å². The van der Waals surface area contributed by atoms with Crippen molar-refractivity contribution < 1.29 is 18.0 Å². The zero-order chi connectivity index (χ0) is 15.8. The molecule has 1 amide bonds. The lowest BCUT2D eigenvalue weighted by Gasteiger charge is -2.38. The topological polar surface area (TPSA) is 62.5 Å².